The van der Waals surface area contributed by atoms with Gasteiger partial charge in [0.15, 0.2) is 11.6 Å². The fourth-order valence-electron chi connectivity index (χ4n) is 1.92. The van der Waals surface area contributed by atoms with Gasteiger partial charge < -0.3 is 10.2 Å². The number of aromatic hydroxyl groups is 1. The second kappa shape index (κ2) is 3.73. The van der Waals surface area contributed by atoms with Gasteiger partial charge in [-0.1, -0.05) is 6.07 Å². The summed E-state index contributed by atoms with van der Waals surface area (Å²) < 4.78 is 26.4. The normalized spacial score (nSPS) is 23.1. The Morgan fingerprint density at radius 1 is 1.38 bits per heavy atom. The highest BCUT2D eigenvalue weighted by molar-refractivity contribution is 5.67. The first-order valence-corrected chi connectivity index (χ1v) is 4.89. The molecule has 0 bridgehead atoms. The standard InChI is InChI=1S/C11H10F2O3/c12-10-6(1-2-8(14)11(10)13)7-3-5(7)4-9(15)16/h1-2,5,7,14H,3-4H2,(H,15,16). The Morgan fingerprint density at radius 2 is 2.06 bits per heavy atom. The van der Waals surface area contributed by atoms with Gasteiger partial charge in [-0.05, 0) is 29.9 Å². The molecular weight excluding hydrogens is 218 g/mol. The maximum absolute atomic E-state index is 13.4. The Labute approximate surface area is 90.3 Å². The highest BCUT2D eigenvalue weighted by atomic mass is 19.2. The lowest BCUT2D eigenvalue weighted by Crippen LogP contribution is -1.98. The van der Waals surface area contributed by atoms with Crippen molar-refractivity contribution in [2.45, 2.75) is 18.8 Å². The summed E-state index contributed by atoms with van der Waals surface area (Å²) in [5, 5.41) is 17.5. The van der Waals surface area contributed by atoms with Crippen molar-refractivity contribution in [1.82, 2.24) is 0 Å². The zero-order valence-electron chi connectivity index (χ0n) is 8.28. The Hall–Kier alpha value is -1.65. The first-order chi connectivity index (χ1) is 7.50. The lowest BCUT2D eigenvalue weighted by molar-refractivity contribution is -0.137. The van der Waals surface area contributed by atoms with Gasteiger partial charge >= 0.3 is 5.97 Å². The zero-order valence-corrected chi connectivity index (χ0v) is 8.28. The van der Waals surface area contributed by atoms with Crippen molar-refractivity contribution in [3.8, 4) is 5.75 Å². The molecule has 0 spiro atoms. The van der Waals surface area contributed by atoms with E-state index in [0.717, 1.165) is 6.07 Å². The van der Waals surface area contributed by atoms with E-state index in [2.05, 4.69) is 0 Å². The number of rotatable bonds is 3. The monoisotopic (exact) mass is 228 g/mol. The summed E-state index contributed by atoms with van der Waals surface area (Å²) in [6.45, 7) is 0. The molecule has 2 rings (SSSR count). The Kier molecular flexibility index (Phi) is 2.53. The molecule has 1 aromatic rings. The maximum atomic E-state index is 13.4. The van der Waals surface area contributed by atoms with Crippen molar-refractivity contribution in [2.75, 3.05) is 0 Å². The van der Waals surface area contributed by atoms with Crippen molar-refractivity contribution >= 4 is 5.97 Å². The summed E-state index contributed by atoms with van der Waals surface area (Å²) in [4.78, 5) is 10.4. The van der Waals surface area contributed by atoms with Crippen LogP contribution >= 0.6 is 0 Å². The van der Waals surface area contributed by atoms with Crippen LogP contribution in [0.2, 0.25) is 0 Å². The quantitative estimate of drug-likeness (QED) is 0.834. The molecule has 2 atom stereocenters. The number of phenols is 1. The van der Waals surface area contributed by atoms with Gasteiger partial charge in [0, 0.05) is 6.42 Å². The summed E-state index contributed by atoms with van der Waals surface area (Å²) in [5.74, 6) is -4.37. The van der Waals surface area contributed by atoms with Gasteiger partial charge in [-0.25, -0.2) is 4.39 Å². The third-order valence-corrected chi connectivity index (χ3v) is 2.85. The number of benzene rings is 1. The van der Waals surface area contributed by atoms with E-state index in [4.69, 9.17) is 10.2 Å². The van der Waals surface area contributed by atoms with Crippen molar-refractivity contribution in [1.29, 1.82) is 0 Å². The van der Waals surface area contributed by atoms with Gasteiger partial charge in [0.2, 0.25) is 5.82 Å². The van der Waals surface area contributed by atoms with Crippen LogP contribution in [0, 0.1) is 17.6 Å². The predicted molar refractivity (Wildman–Crippen MR) is 51.1 cm³/mol. The number of phenolic OH excluding ortho intramolecular Hbond substituents is 1. The van der Waals surface area contributed by atoms with E-state index in [-0.39, 0.29) is 23.8 Å². The largest absolute Gasteiger partial charge is 0.505 e. The Balaban J connectivity index is 2.18. The molecule has 0 radical (unpaired) electrons. The fourth-order valence-corrected chi connectivity index (χ4v) is 1.92. The molecule has 2 N–H and O–H groups in total. The van der Waals surface area contributed by atoms with Crippen LogP contribution in [0.4, 0.5) is 8.78 Å². The second-order valence-electron chi connectivity index (χ2n) is 4.00. The number of aliphatic carboxylic acids is 1. The van der Waals surface area contributed by atoms with Crippen LogP contribution in [0.3, 0.4) is 0 Å². The SMILES string of the molecule is O=C(O)CC1CC1c1ccc(O)c(F)c1F. The van der Waals surface area contributed by atoms with Crippen molar-refractivity contribution in [3.05, 3.63) is 29.3 Å². The molecule has 1 aromatic carbocycles. The highest BCUT2D eigenvalue weighted by Gasteiger charge is 2.41. The minimum atomic E-state index is -1.27. The minimum absolute atomic E-state index is 0.0351. The van der Waals surface area contributed by atoms with Gasteiger partial charge in [0.25, 0.3) is 0 Å². The first kappa shape index (κ1) is 10.9. The minimum Gasteiger partial charge on any atom is -0.505 e. The van der Waals surface area contributed by atoms with Crippen molar-refractivity contribution < 1.29 is 23.8 Å². The van der Waals surface area contributed by atoms with E-state index in [0.29, 0.717) is 6.42 Å². The topological polar surface area (TPSA) is 57.5 Å². The molecule has 0 heterocycles. The van der Waals surface area contributed by atoms with Gasteiger partial charge in [0.05, 0.1) is 0 Å². The van der Waals surface area contributed by atoms with Crippen LogP contribution in [-0.2, 0) is 4.79 Å². The summed E-state index contributed by atoms with van der Waals surface area (Å²) in [6, 6.07) is 2.39. The van der Waals surface area contributed by atoms with Crippen LogP contribution in [0.5, 0.6) is 5.75 Å². The molecule has 0 amide bonds. The number of carbonyl (C=O) groups is 1. The summed E-state index contributed by atoms with van der Waals surface area (Å²) >= 11 is 0. The molecule has 1 saturated carbocycles. The third kappa shape index (κ3) is 1.85. The molecule has 0 aromatic heterocycles. The summed E-state index contributed by atoms with van der Waals surface area (Å²) in [7, 11) is 0. The lowest BCUT2D eigenvalue weighted by Gasteiger charge is -2.04. The van der Waals surface area contributed by atoms with E-state index in [9.17, 15) is 13.6 Å². The fraction of sp³-hybridized carbons (Fsp3) is 0.364. The van der Waals surface area contributed by atoms with E-state index in [1.165, 1.54) is 6.07 Å². The summed E-state index contributed by atoms with van der Waals surface area (Å²) in [6.07, 6.45) is 0.514. The van der Waals surface area contributed by atoms with E-state index >= 15 is 0 Å². The average Bonchev–Trinajstić information content (AvgIpc) is 2.93. The van der Waals surface area contributed by atoms with Crippen LogP contribution < -0.4 is 0 Å². The van der Waals surface area contributed by atoms with Gasteiger partial charge in [-0.15, -0.1) is 0 Å². The van der Waals surface area contributed by atoms with Gasteiger partial charge in [-0.3, -0.25) is 4.79 Å². The molecule has 16 heavy (non-hydrogen) atoms. The smallest absolute Gasteiger partial charge is 0.303 e. The molecule has 0 saturated heterocycles. The van der Waals surface area contributed by atoms with Crippen LogP contribution in [0.25, 0.3) is 0 Å². The molecule has 0 aliphatic heterocycles. The molecule has 1 aliphatic carbocycles. The van der Waals surface area contributed by atoms with Crippen LogP contribution in [-0.4, -0.2) is 16.2 Å². The third-order valence-electron chi connectivity index (χ3n) is 2.85. The number of carboxylic acids is 1. The maximum Gasteiger partial charge on any atom is 0.303 e. The summed E-state index contributed by atoms with van der Waals surface area (Å²) in [5.41, 5.74) is 0.154. The second-order valence-corrected chi connectivity index (χ2v) is 4.00. The highest BCUT2D eigenvalue weighted by Crippen LogP contribution is 2.50. The zero-order chi connectivity index (χ0) is 11.9. The molecular formula is C11H10F2O3. The lowest BCUT2D eigenvalue weighted by atomic mass is 10.1. The number of hydrogen-bond donors (Lipinski definition) is 2. The molecule has 5 heteroatoms. The van der Waals surface area contributed by atoms with Crippen molar-refractivity contribution in [2.24, 2.45) is 5.92 Å². The molecule has 1 aliphatic rings. The van der Waals surface area contributed by atoms with Crippen LogP contribution in [0.1, 0.15) is 24.3 Å². The number of carboxylic acid groups (broad SMARTS) is 1. The molecule has 86 valence electrons. The molecule has 2 unspecified atom stereocenters. The van der Waals surface area contributed by atoms with E-state index in [1.807, 2.05) is 0 Å². The van der Waals surface area contributed by atoms with Gasteiger partial charge in [-0.2, -0.15) is 4.39 Å². The molecule has 3 nitrogen and oxygen atoms in total. The number of halogens is 2. The Morgan fingerprint density at radius 3 is 2.69 bits per heavy atom. The molecule has 1 fully saturated rings. The number of hydrogen-bond acceptors (Lipinski definition) is 2. The van der Waals surface area contributed by atoms with Crippen molar-refractivity contribution in [3.63, 3.8) is 0 Å². The Bertz CT molecular complexity index is 445. The predicted octanol–water partition coefficient (Wildman–Crippen LogP) is 2.25. The van der Waals surface area contributed by atoms with E-state index < -0.39 is 23.4 Å². The average molecular weight is 228 g/mol. The van der Waals surface area contributed by atoms with Crippen LogP contribution in [0.15, 0.2) is 12.1 Å². The first-order valence-electron chi connectivity index (χ1n) is 4.89. The van der Waals surface area contributed by atoms with E-state index in [1.54, 1.807) is 0 Å². The van der Waals surface area contributed by atoms with Gasteiger partial charge in [0.1, 0.15) is 0 Å².